The lowest BCUT2D eigenvalue weighted by Gasteiger charge is -2.31. The zero-order chi connectivity index (χ0) is 12.3. The summed E-state index contributed by atoms with van der Waals surface area (Å²) in [4.78, 5) is 11.1. The van der Waals surface area contributed by atoms with E-state index in [1.165, 1.54) is 19.3 Å². The molecule has 2 rings (SSSR count). The summed E-state index contributed by atoms with van der Waals surface area (Å²) in [5.74, 6) is 1.68. The summed E-state index contributed by atoms with van der Waals surface area (Å²) >= 11 is 0. The van der Waals surface area contributed by atoms with Gasteiger partial charge in [-0.15, -0.1) is 0 Å². The van der Waals surface area contributed by atoms with Crippen LogP contribution in [0.15, 0.2) is 6.20 Å². The van der Waals surface area contributed by atoms with Crippen molar-refractivity contribution in [3.8, 4) is 0 Å². The van der Waals surface area contributed by atoms with Gasteiger partial charge >= 0.3 is 0 Å². The molecule has 17 heavy (non-hydrogen) atoms. The Morgan fingerprint density at radius 1 is 1.41 bits per heavy atom. The number of aliphatic hydroxyl groups is 1. The predicted octanol–water partition coefficient (Wildman–Crippen LogP) is 1.90. The van der Waals surface area contributed by atoms with E-state index in [-0.39, 0.29) is 6.61 Å². The van der Waals surface area contributed by atoms with Crippen LogP contribution in [0.2, 0.25) is 0 Å². The summed E-state index contributed by atoms with van der Waals surface area (Å²) in [5, 5.41) is 9.09. The van der Waals surface area contributed by atoms with Crippen LogP contribution in [-0.2, 0) is 6.61 Å². The van der Waals surface area contributed by atoms with Crippen molar-refractivity contribution >= 4 is 5.95 Å². The van der Waals surface area contributed by atoms with Crippen LogP contribution >= 0.6 is 0 Å². The molecule has 94 valence electrons. The molecule has 0 atom stereocenters. The molecule has 1 aliphatic heterocycles. The maximum atomic E-state index is 9.09. The number of piperidine rings is 1. The Balaban J connectivity index is 2.06. The van der Waals surface area contributed by atoms with E-state index in [4.69, 9.17) is 5.11 Å². The smallest absolute Gasteiger partial charge is 0.225 e. The van der Waals surface area contributed by atoms with Crippen LogP contribution in [0.4, 0.5) is 5.95 Å². The van der Waals surface area contributed by atoms with Crippen LogP contribution < -0.4 is 4.90 Å². The Bertz CT molecular complexity index is 373. The maximum absolute atomic E-state index is 9.09. The number of aryl methyl sites for hydroxylation is 1. The van der Waals surface area contributed by atoms with Crippen LogP contribution in [0.3, 0.4) is 0 Å². The molecular weight excluding hydrogens is 214 g/mol. The number of anilines is 1. The minimum absolute atomic E-state index is 0.0179. The van der Waals surface area contributed by atoms with Gasteiger partial charge in [0.2, 0.25) is 5.95 Å². The second kappa shape index (κ2) is 5.45. The van der Waals surface area contributed by atoms with E-state index in [2.05, 4.69) is 21.8 Å². The van der Waals surface area contributed by atoms with E-state index in [9.17, 15) is 0 Å². The van der Waals surface area contributed by atoms with Crippen LogP contribution in [0.1, 0.15) is 37.4 Å². The van der Waals surface area contributed by atoms with Gasteiger partial charge in [0.1, 0.15) is 0 Å². The Kier molecular flexibility index (Phi) is 3.94. The Labute approximate surface area is 103 Å². The number of nitrogens with zero attached hydrogens (tertiary/aromatic N) is 3. The minimum Gasteiger partial charge on any atom is -0.392 e. The minimum atomic E-state index is 0.0179. The van der Waals surface area contributed by atoms with Crippen LogP contribution in [0, 0.1) is 12.8 Å². The molecule has 0 spiro atoms. The number of rotatable bonds is 3. The van der Waals surface area contributed by atoms with E-state index in [0.717, 1.165) is 36.2 Å². The Morgan fingerprint density at radius 3 is 2.65 bits per heavy atom. The molecule has 0 bridgehead atoms. The Hall–Kier alpha value is -1.16. The lowest BCUT2D eigenvalue weighted by molar-refractivity contribution is 0.280. The third-order valence-corrected chi connectivity index (χ3v) is 3.71. The van der Waals surface area contributed by atoms with Crippen molar-refractivity contribution in [1.29, 1.82) is 0 Å². The highest BCUT2D eigenvalue weighted by atomic mass is 16.3. The standard InChI is InChI=1S/C13H21N3O/c1-3-11-4-6-16(7-5-11)13-14-8-12(9-17)10(2)15-13/h8,11,17H,3-7,9H2,1-2H3. The van der Waals surface area contributed by atoms with Crippen molar-refractivity contribution in [2.24, 2.45) is 5.92 Å². The molecular formula is C13H21N3O. The Morgan fingerprint density at radius 2 is 2.12 bits per heavy atom. The molecule has 0 radical (unpaired) electrons. The van der Waals surface area contributed by atoms with E-state index < -0.39 is 0 Å². The normalized spacial score (nSPS) is 17.5. The third kappa shape index (κ3) is 2.75. The van der Waals surface area contributed by atoms with Gasteiger partial charge in [0.05, 0.1) is 6.61 Å². The van der Waals surface area contributed by atoms with Gasteiger partial charge in [-0.2, -0.15) is 0 Å². The maximum Gasteiger partial charge on any atom is 0.225 e. The zero-order valence-electron chi connectivity index (χ0n) is 10.7. The van der Waals surface area contributed by atoms with E-state index in [0.29, 0.717) is 0 Å². The number of hydrogen-bond acceptors (Lipinski definition) is 4. The summed E-state index contributed by atoms with van der Waals surface area (Å²) in [6.07, 6.45) is 5.49. The summed E-state index contributed by atoms with van der Waals surface area (Å²) in [7, 11) is 0. The molecule has 0 aromatic carbocycles. The van der Waals surface area contributed by atoms with E-state index in [1.807, 2.05) is 6.92 Å². The number of aliphatic hydroxyl groups excluding tert-OH is 1. The van der Waals surface area contributed by atoms with Crippen molar-refractivity contribution in [3.63, 3.8) is 0 Å². The largest absolute Gasteiger partial charge is 0.392 e. The molecule has 1 aromatic heterocycles. The van der Waals surface area contributed by atoms with Crippen LogP contribution in [0.5, 0.6) is 0 Å². The fourth-order valence-corrected chi connectivity index (χ4v) is 2.33. The van der Waals surface area contributed by atoms with Gasteiger partial charge in [0.25, 0.3) is 0 Å². The fourth-order valence-electron chi connectivity index (χ4n) is 2.33. The molecule has 4 heteroatoms. The van der Waals surface area contributed by atoms with Crippen molar-refractivity contribution in [3.05, 3.63) is 17.5 Å². The van der Waals surface area contributed by atoms with Gasteiger partial charge < -0.3 is 10.0 Å². The van der Waals surface area contributed by atoms with Crippen molar-refractivity contribution in [2.75, 3.05) is 18.0 Å². The molecule has 0 unspecified atom stereocenters. The first kappa shape index (κ1) is 12.3. The molecule has 0 amide bonds. The van der Waals surface area contributed by atoms with Gasteiger partial charge in [-0.1, -0.05) is 13.3 Å². The summed E-state index contributed by atoms with van der Waals surface area (Å²) in [6, 6.07) is 0. The van der Waals surface area contributed by atoms with E-state index >= 15 is 0 Å². The summed E-state index contributed by atoms with van der Waals surface area (Å²) in [6.45, 7) is 6.31. The second-order valence-corrected chi connectivity index (χ2v) is 4.78. The van der Waals surface area contributed by atoms with Gasteiger partial charge in [-0.25, -0.2) is 9.97 Å². The van der Waals surface area contributed by atoms with Crippen molar-refractivity contribution in [1.82, 2.24) is 9.97 Å². The first-order valence-electron chi connectivity index (χ1n) is 6.43. The molecule has 4 nitrogen and oxygen atoms in total. The quantitative estimate of drug-likeness (QED) is 0.869. The molecule has 0 saturated carbocycles. The lowest BCUT2D eigenvalue weighted by Crippen LogP contribution is -2.34. The third-order valence-electron chi connectivity index (χ3n) is 3.71. The van der Waals surface area contributed by atoms with E-state index in [1.54, 1.807) is 6.20 Å². The lowest BCUT2D eigenvalue weighted by atomic mass is 9.95. The highest BCUT2D eigenvalue weighted by Crippen LogP contribution is 2.23. The average molecular weight is 235 g/mol. The van der Waals surface area contributed by atoms with Crippen molar-refractivity contribution < 1.29 is 5.11 Å². The number of hydrogen-bond donors (Lipinski definition) is 1. The van der Waals surface area contributed by atoms with Gasteiger partial charge in [-0.05, 0) is 25.7 Å². The first-order valence-corrected chi connectivity index (χ1v) is 6.43. The molecule has 1 aromatic rings. The van der Waals surface area contributed by atoms with Gasteiger partial charge in [-0.3, -0.25) is 0 Å². The number of aromatic nitrogens is 2. The highest BCUT2D eigenvalue weighted by molar-refractivity contribution is 5.33. The fraction of sp³-hybridized carbons (Fsp3) is 0.692. The molecule has 1 fully saturated rings. The van der Waals surface area contributed by atoms with Crippen LogP contribution in [0.25, 0.3) is 0 Å². The second-order valence-electron chi connectivity index (χ2n) is 4.78. The van der Waals surface area contributed by atoms with Gasteiger partial charge in [0, 0.05) is 30.5 Å². The molecule has 2 heterocycles. The van der Waals surface area contributed by atoms with Crippen LogP contribution in [-0.4, -0.2) is 28.2 Å². The highest BCUT2D eigenvalue weighted by Gasteiger charge is 2.19. The topological polar surface area (TPSA) is 49.2 Å². The van der Waals surface area contributed by atoms with Crippen molar-refractivity contribution in [2.45, 2.75) is 39.7 Å². The SMILES string of the molecule is CCC1CCN(c2ncc(CO)c(C)n2)CC1. The summed E-state index contributed by atoms with van der Waals surface area (Å²) in [5.41, 5.74) is 1.70. The predicted molar refractivity (Wildman–Crippen MR) is 67.9 cm³/mol. The first-order chi connectivity index (χ1) is 8.24. The molecule has 0 aliphatic carbocycles. The molecule has 1 saturated heterocycles. The van der Waals surface area contributed by atoms with Gasteiger partial charge in [0.15, 0.2) is 0 Å². The average Bonchev–Trinajstić information content (AvgIpc) is 2.39. The summed E-state index contributed by atoms with van der Waals surface area (Å²) < 4.78 is 0. The molecule has 1 aliphatic rings. The zero-order valence-corrected chi connectivity index (χ0v) is 10.7. The molecule has 1 N–H and O–H groups in total. The monoisotopic (exact) mass is 235 g/mol.